The van der Waals surface area contributed by atoms with E-state index in [-0.39, 0.29) is 12.4 Å². The lowest BCUT2D eigenvalue weighted by Crippen LogP contribution is -2.24. The van der Waals surface area contributed by atoms with Gasteiger partial charge < -0.3 is 4.74 Å². The Morgan fingerprint density at radius 3 is 2.64 bits per heavy atom. The zero-order valence-electron chi connectivity index (χ0n) is 13.2. The van der Waals surface area contributed by atoms with Crippen LogP contribution in [0, 0.1) is 5.82 Å². The number of amides is 1. The molecule has 1 amide bonds. The number of thiophene rings is 1. The normalized spacial score (nSPS) is 10.8. The van der Waals surface area contributed by atoms with Crippen molar-refractivity contribution in [1.82, 2.24) is 5.43 Å². The van der Waals surface area contributed by atoms with E-state index in [2.05, 4.69) is 10.5 Å². The number of rotatable bonds is 6. The number of hydrazone groups is 1. The molecule has 0 atom stereocenters. The van der Waals surface area contributed by atoms with Crippen LogP contribution in [0.25, 0.3) is 10.4 Å². The summed E-state index contributed by atoms with van der Waals surface area (Å²) < 4.78 is 18.5. The Bertz CT molecular complexity index is 878. The van der Waals surface area contributed by atoms with Gasteiger partial charge in [-0.3, -0.25) is 4.79 Å². The summed E-state index contributed by atoms with van der Waals surface area (Å²) in [6.07, 6.45) is 1.57. The minimum atomic E-state index is -0.508. The highest BCUT2D eigenvalue weighted by Crippen LogP contribution is 2.26. The molecule has 4 nitrogen and oxygen atoms in total. The van der Waals surface area contributed by atoms with E-state index in [0.29, 0.717) is 0 Å². The fraction of sp³-hybridized carbons (Fsp3) is 0.0526. The largest absolute Gasteiger partial charge is 0.481 e. The molecule has 0 saturated carbocycles. The van der Waals surface area contributed by atoms with Crippen LogP contribution < -0.4 is 10.2 Å². The van der Waals surface area contributed by atoms with Crippen molar-refractivity contribution in [1.29, 1.82) is 0 Å². The topological polar surface area (TPSA) is 50.7 Å². The van der Waals surface area contributed by atoms with Crippen LogP contribution in [-0.2, 0) is 4.79 Å². The summed E-state index contributed by atoms with van der Waals surface area (Å²) in [6.45, 7) is -0.308. The van der Waals surface area contributed by atoms with E-state index in [1.807, 2.05) is 42.5 Å². The van der Waals surface area contributed by atoms with Gasteiger partial charge in [0.25, 0.3) is 5.91 Å². The quantitative estimate of drug-likeness (QED) is 0.536. The molecule has 0 bridgehead atoms. The molecule has 2 aromatic carbocycles. The number of carbonyl (C=O) groups is 1. The second-order valence-corrected chi connectivity index (χ2v) is 6.20. The lowest BCUT2D eigenvalue weighted by atomic mass is 10.2. The fourth-order valence-corrected chi connectivity index (χ4v) is 2.97. The van der Waals surface area contributed by atoms with Crippen molar-refractivity contribution in [3.8, 4) is 16.2 Å². The van der Waals surface area contributed by atoms with Crippen molar-refractivity contribution in [2.45, 2.75) is 0 Å². The lowest BCUT2D eigenvalue weighted by Gasteiger charge is -2.05. The van der Waals surface area contributed by atoms with Gasteiger partial charge in [0, 0.05) is 9.75 Å². The third kappa shape index (κ3) is 4.74. The molecular weight excluding hydrogens is 339 g/mol. The van der Waals surface area contributed by atoms with Crippen LogP contribution in [0.2, 0.25) is 0 Å². The second kappa shape index (κ2) is 8.21. The third-order valence-electron chi connectivity index (χ3n) is 3.26. The summed E-state index contributed by atoms with van der Waals surface area (Å²) in [5, 5.41) is 3.90. The predicted octanol–water partition coefficient (Wildman–Crippen LogP) is 4.08. The first-order chi connectivity index (χ1) is 12.2. The van der Waals surface area contributed by atoms with Crippen molar-refractivity contribution < 1.29 is 13.9 Å². The molecule has 0 aliphatic heterocycles. The second-order valence-electron chi connectivity index (χ2n) is 5.08. The molecule has 6 heteroatoms. The van der Waals surface area contributed by atoms with E-state index < -0.39 is 11.7 Å². The molecule has 0 aliphatic rings. The van der Waals surface area contributed by atoms with Crippen LogP contribution in [0.4, 0.5) is 4.39 Å². The molecular formula is C19H15FN2O2S. The molecule has 0 saturated heterocycles. The minimum absolute atomic E-state index is 0.0346. The van der Waals surface area contributed by atoms with Gasteiger partial charge in [0.2, 0.25) is 0 Å². The van der Waals surface area contributed by atoms with Crippen molar-refractivity contribution in [3.63, 3.8) is 0 Å². The molecule has 126 valence electrons. The molecule has 0 unspecified atom stereocenters. The number of hydrogen-bond acceptors (Lipinski definition) is 4. The maximum Gasteiger partial charge on any atom is 0.277 e. The van der Waals surface area contributed by atoms with Crippen LogP contribution in [-0.4, -0.2) is 18.7 Å². The van der Waals surface area contributed by atoms with Crippen LogP contribution in [0.5, 0.6) is 5.75 Å². The molecule has 3 rings (SSSR count). The molecule has 0 fully saturated rings. The van der Waals surface area contributed by atoms with Crippen molar-refractivity contribution >= 4 is 23.5 Å². The highest BCUT2D eigenvalue weighted by atomic mass is 32.1. The van der Waals surface area contributed by atoms with Crippen molar-refractivity contribution in [3.05, 3.63) is 77.4 Å². The van der Waals surface area contributed by atoms with E-state index in [9.17, 15) is 9.18 Å². The van der Waals surface area contributed by atoms with Gasteiger partial charge in [-0.25, -0.2) is 9.82 Å². The minimum Gasteiger partial charge on any atom is -0.481 e. The highest BCUT2D eigenvalue weighted by Gasteiger charge is 2.05. The fourth-order valence-electron chi connectivity index (χ4n) is 2.09. The molecule has 1 N–H and O–H groups in total. The molecule has 0 radical (unpaired) electrons. The molecule has 3 aromatic rings. The van der Waals surface area contributed by atoms with Gasteiger partial charge in [0.05, 0.1) is 6.21 Å². The Labute approximate surface area is 148 Å². The number of para-hydroxylation sites is 1. The number of nitrogens with zero attached hydrogens (tertiary/aromatic N) is 1. The smallest absolute Gasteiger partial charge is 0.277 e. The first-order valence-corrected chi connectivity index (χ1v) is 8.38. The van der Waals surface area contributed by atoms with Crippen LogP contribution >= 0.6 is 11.3 Å². The van der Waals surface area contributed by atoms with E-state index in [1.54, 1.807) is 29.7 Å². The van der Waals surface area contributed by atoms with Gasteiger partial charge in [-0.1, -0.05) is 42.5 Å². The van der Waals surface area contributed by atoms with Gasteiger partial charge in [-0.05, 0) is 29.8 Å². The highest BCUT2D eigenvalue weighted by molar-refractivity contribution is 7.17. The molecule has 1 aromatic heterocycles. The van der Waals surface area contributed by atoms with Gasteiger partial charge in [0.1, 0.15) is 0 Å². The number of nitrogens with one attached hydrogen (secondary N) is 1. The van der Waals surface area contributed by atoms with Gasteiger partial charge >= 0.3 is 0 Å². The van der Waals surface area contributed by atoms with E-state index in [4.69, 9.17) is 4.74 Å². The Morgan fingerprint density at radius 1 is 1.08 bits per heavy atom. The zero-order chi connectivity index (χ0) is 17.5. The molecule has 0 aliphatic carbocycles. The lowest BCUT2D eigenvalue weighted by molar-refractivity contribution is -0.123. The monoisotopic (exact) mass is 354 g/mol. The average Bonchev–Trinajstić information content (AvgIpc) is 3.11. The average molecular weight is 354 g/mol. The zero-order valence-corrected chi connectivity index (χ0v) is 14.0. The SMILES string of the molecule is O=C(COc1ccccc1F)N/N=C\c1ccc(-c2ccccc2)s1. The van der Waals surface area contributed by atoms with E-state index >= 15 is 0 Å². The standard InChI is InChI=1S/C19H15FN2O2S/c20-16-8-4-5-9-17(16)24-13-19(23)22-21-12-15-10-11-18(25-15)14-6-2-1-3-7-14/h1-12H,13H2,(H,22,23)/b21-12-. The maximum atomic E-state index is 13.4. The Balaban J connectivity index is 1.51. The summed E-state index contributed by atoms with van der Waals surface area (Å²) >= 11 is 1.57. The summed E-state index contributed by atoms with van der Waals surface area (Å²) in [7, 11) is 0. The van der Waals surface area contributed by atoms with Gasteiger partial charge in [-0.15, -0.1) is 11.3 Å². The predicted molar refractivity (Wildman–Crippen MR) is 97.4 cm³/mol. The Morgan fingerprint density at radius 2 is 1.84 bits per heavy atom. The summed E-state index contributed by atoms with van der Waals surface area (Å²) in [5.41, 5.74) is 3.49. The number of benzene rings is 2. The van der Waals surface area contributed by atoms with Crippen molar-refractivity contribution in [2.24, 2.45) is 5.10 Å². The molecule has 1 heterocycles. The maximum absolute atomic E-state index is 13.4. The molecule has 25 heavy (non-hydrogen) atoms. The van der Waals surface area contributed by atoms with Gasteiger partial charge in [-0.2, -0.15) is 5.10 Å². The summed E-state index contributed by atoms with van der Waals surface area (Å²) in [6, 6.07) is 19.9. The first-order valence-electron chi connectivity index (χ1n) is 7.57. The first kappa shape index (κ1) is 16.9. The van der Waals surface area contributed by atoms with E-state index in [1.165, 1.54) is 12.1 Å². The summed E-state index contributed by atoms with van der Waals surface area (Å²) in [5.74, 6) is -0.933. The van der Waals surface area contributed by atoms with Crippen LogP contribution in [0.15, 0.2) is 71.8 Å². The number of carbonyl (C=O) groups excluding carboxylic acids is 1. The van der Waals surface area contributed by atoms with E-state index in [0.717, 1.165) is 15.3 Å². The molecule has 0 spiro atoms. The number of ether oxygens (including phenoxy) is 1. The Kier molecular flexibility index (Phi) is 5.53. The van der Waals surface area contributed by atoms with Crippen LogP contribution in [0.3, 0.4) is 0 Å². The third-order valence-corrected chi connectivity index (χ3v) is 4.33. The summed E-state index contributed by atoms with van der Waals surface area (Å²) in [4.78, 5) is 13.7. The number of halogens is 1. The number of hydrogen-bond donors (Lipinski definition) is 1. The van der Waals surface area contributed by atoms with Gasteiger partial charge in [0.15, 0.2) is 18.2 Å². The Hall–Kier alpha value is -2.99. The van der Waals surface area contributed by atoms with Crippen LogP contribution in [0.1, 0.15) is 4.88 Å². The van der Waals surface area contributed by atoms with Crippen molar-refractivity contribution in [2.75, 3.05) is 6.61 Å².